The van der Waals surface area contributed by atoms with Crippen molar-refractivity contribution < 1.29 is 0 Å². The number of thiophene rings is 1. The molecule has 0 spiro atoms. The normalized spacial score (nSPS) is 28.2. The smallest absolute Gasteiger partial charge is 0.0416 e. The third-order valence-corrected chi connectivity index (χ3v) is 5.31. The molecule has 0 bridgehead atoms. The van der Waals surface area contributed by atoms with E-state index in [1.165, 1.54) is 9.75 Å². The zero-order chi connectivity index (χ0) is 12.4. The molecule has 2 heterocycles. The van der Waals surface area contributed by atoms with Gasteiger partial charge in [0.2, 0.25) is 0 Å². The minimum Gasteiger partial charge on any atom is -0.328 e. The Balaban J connectivity index is 2.06. The van der Waals surface area contributed by atoms with E-state index in [1.807, 2.05) is 11.3 Å². The summed E-state index contributed by atoms with van der Waals surface area (Å²) in [7, 11) is 0. The predicted octanol–water partition coefficient (Wildman–Crippen LogP) is 3.18. The summed E-state index contributed by atoms with van der Waals surface area (Å²) in [5.74, 6) is 0. The second-order valence-electron chi connectivity index (χ2n) is 5.20. The Bertz CT molecular complexity index is 361. The molecule has 0 aliphatic carbocycles. The highest BCUT2D eigenvalue weighted by Crippen LogP contribution is 2.32. The van der Waals surface area contributed by atoms with E-state index in [0.717, 1.165) is 25.8 Å². The molecule has 3 atom stereocenters. The van der Waals surface area contributed by atoms with Crippen molar-refractivity contribution in [1.82, 2.24) is 4.90 Å². The molecule has 0 saturated carbocycles. The number of piperidine rings is 1. The lowest BCUT2D eigenvalue weighted by molar-refractivity contribution is 0.106. The zero-order valence-electron chi connectivity index (χ0n) is 11.1. The third kappa shape index (κ3) is 2.90. The van der Waals surface area contributed by atoms with Gasteiger partial charge in [0.1, 0.15) is 0 Å². The zero-order valence-corrected chi connectivity index (χ0v) is 12.0. The highest BCUT2D eigenvalue weighted by atomic mass is 32.1. The number of nitrogens with two attached hydrogens (primary N) is 1. The molecule has 3 unspecified atom stereocenters. The predicted molar refractivity (Wildman–Crippen MR) is 75.5 cm³/mol. The largest absolute Gasteiger partial charge is 0.328 e. The van der Waals surface area contributed by atoms with Gasteiger partial charge in [-0.15, -0.1) is 11.3 Å². The Morgan fingerprint density at radius 3 is 2.88 bits per heavy atom. The van der Waals surface area contributed by atoms with Crippen LogP contribution in [0.15, 0.2) is 12.1 Å². The molecule has 1 aliphatic rings. The molecule has 1 aromatic heterocycles. The number of nitrogens with zero attached hydrogens (tertiary/aromatic N) is 1. The van der Waals surface area contributed by atoms with Crippen molar-refractivity contribution in [3.63, 3.8) is 0 Å². The lowest BCUT2D eigenvalue weighted by Crippen LogP contribution is -2.46. The van der Waals surface area contributed by atoms with E-state index in [0.29, 0.717) is 18.1 Å². The molecule has 17 heavy (non-hydrogen) atoms. The van der Waals surface area contributed by atoms with E-state index < -0.39 is 0 Å². The Kier molecular flexibility index (Phi) is 4.23. The van der Waals surface area contributed by atoms with Crippen molar-refractivity contribution in [2.75, 3.05) is 6.54 Å². The van der Waals surface area contributed by atoms with Crippen molar-refractivity contribution >= 4 is 11.3 Å². The van der Waals surface area contributed by atoms with E-state index >= 15 is 0 Å². The lowest BCUT2D eigenvalue weighted by atomic mass is 9.97. The standard InChI is InChI=1S/C14H24N2S/c1-4-13-5-6-14(17-13)11(3)16-8-7-12(15)9-10(16)2/h5-6,10-12H,4,7-9,15H2,1-3H3. The fourth-order valence-electron chi connectivity index (χ4n) is 2.77. The summed E-state index contributed by atoms with van der Waals surface area (Å²) < 4.78 is 0. The van der Waals surface area contributed by atoms with Gasteiger partial charge in [0.25, 0.3) is 0 Å². The van der Waals surface area contributed by atoms with Crippen molar-refractivity contribution in [2.45, 2.75) is 58.2 Å². The Hall–Kier alpha value is -0.380. The maximum Gasteiger partial charge on any atom is 0.0416 e. The number of hydrogen-bond acceptors (Lipinski definition) is 3. The van der Waals surface area contributed by atoms with Crippen LogP contribution in [-0.2, 0) is 6.42 Å². The van der Waals surface area contributed by atoms with Crippen LogP contribution in [0.2, 0.25) is 0 Å². The highest BCUT2D eigenvalue weighted by Gasteiger charge is 2.28. The van der Waals surface area contributed by atoms with E-state index in [4.69, 9.17) is 5.73 Å². The number of likely N-dealkylation sites (tertiary alicyclic amines) is 1. The van der Waals surface area contributed by atoms with Gasteiger partial charge in [0.15, 0.2) is 0 Å². The molecule has 0 aromatic carbocycles. The Morgan fingerprint density at radius 2 is 2.29 bits per heavy atom. The molecular formula is C14H24N2S. The van der Waals surface area contributed by atoms with Crippen LogP contribution < -0.4 is 5.73 Å². The first-order valence-corrected chi connectivity index (χ1v) is 7.53. The summed E-state index contributed by atoms with van der Waals surface area (Å²) in [6.45, 7) is 8.01. The molecule has 2 nitrogen and oxygen atoms in total. The van der Waals surface area contributed by atoms with Gasteiger partial charge >= 0.3 is 0 Å². The van der Waals surface area contributed by atoms with Gasteiger partial charge in [-0.1, -0.05) is 6.92 Å². The van der Waals surface area contributed by atoms with Gasteiger partial charge in [0.05, 0.1) is 0 Å². The fourth-order valence-corrected chi connectivity index (χ4v) is 3.80. The van der Waals surface area contributed by atoms with Gasteiger partial charge in [-0.05, 0) is 45.2 Å². The highest BCUT2D eigenvalue weighted by molar-refractivity contribution is 7.12. The minimum atomic E-state index is 0.406. The first kappa shape index (κ1) is 13.1. The molecule has 1 aromatic rings. The number of hydrogen-bond donors (Lipinski definition) is 1. The van der Waals surface area contributed by atoms with Gasteiger partial charge in [-0.25, -0.2) is 0 Å². The van der Waals surface area contributed by atoms with Crippen LogP contribution in [0.1, 0.15) is 49.4 Å². The Morgan fingerprint density at radius 1 is 1.53 bits per heavy atom. The summed E-state index contributed by atoms with van der Waals surface area (Å²) in [4.78, 5) is 5.60. The van der Waals surface area contributed by atoms with Crippen LogP contribution in [-0.4, -0.2) is 23.5 Å². The molecule has 96 valence electrons. The second-order valence-corrected chi connectivity index (χ2v) is 6.40. The van der Waals surface area contributed by atoms with Crippen LogP contribution in [0.4, 0.5) is 0 Å². The van der Waals surface area contributed by atoms with E-state index in [-0.39, 0.29) is 0 Å². The first-order valence-electron chi connectivity index (χ1n) is 6.71. The van der Waals surface area contributed by atoms with Crippen LogP contribution in [0.3, 0.4) is 0 Å². The third-order valence-electron chi connectivity index (χ3n) is 3.91. The maximum atomic E-state index is 6.03. The quantitative estimate of drug-likeness (QED) is 0.895. The lowest BCUT2D eigenvalue weighted by Gasteiger charge is -2.40. The summed E-state index contributed by atoms with van der Waals surface area (Å²) in [6.07, 6.45) is 3.43. The van der Waals surface area contributed by atoms with Crippen molar-refractivity contribution in [3.8, 4) is 0 Å². The maximum absolute atomic E-state index is 6.03. The van der Waals surface area contributed by atoms with Crippen molar-refractivity contribution in [2.24, 2.45) is 5.73 Å². The van der Waals surface area contributed by atoms with Gasteiger partial charge in [0, 0.05) is 34.4 Å². The molecular weight excluding hydrogens is 228 g/mol. The topological polar surface area (TPSA) is 29.3 Å². The first-order chi connectivity index (χ1) is 8.11. The average Bonchev–Trinajstić information content (AvgIpc) is 2.76. The Labute approximate surface area is 109 Å². The average molecular weight is 252 g/mol. The SMILES string of the molecule is CCc1ccc(C(C)N2CCC(N)CC2C)s1. The van der Waals surface area contributed by atoms with E-state index in [9.17, 15) is 0 Å². The molecule has 1 saturated heterocycles. The molecule has 3 heteroatoms. The summed E-state index contributed by atoms with van der Waals surface area (Å²) in [5.41, 5.74) is 6.03. The van der Waals surface area contributed by atoms with Gasteiger partial charge in [-0.2, -0.15) is 0 Å². The molecule has 1 fully saturated rings. The monoisotopic (exact) mass is 252 g/mol. The van der Waals surface area contributed by atoms with Crippen molar-refractivity contribution in [3.05, 3.63) is 21.9 Å². The van der Waals surface area contributed by atoms with Gasteiger partial charge < -0.3 is 5.73 Å². The van der Waals surface area contributed by atoms with E-state index in [1.54, 1.807) is 0 Å². The molecule has 2 rings (SSSR count). The number of rotatable bonds is 3. The molecule has 1 aliphatic heterocycles. The van der Waals surface area contributed by atoms with Crippen LogP contribution >= 0.6 is 11.3 Å². The van der Waals surface area contributed by atoms with Crippen molar-refractivity contribution in [1.29, 1.82) is 0 Å². The minimum absolute atomic E-state index is 0.406. The van der Waals surface area contributed by atoms with Crippen LogP contribution in [0.25, 0.3) is 0 Å². The molecule has 0 radical (unpaired) electrons. The van der Waals surface area contributed by atoms with E-state index in [2.05, 4.69) is 37.8 Å². The van der Waals surface area contributed by atoms with Gasteiger partial charge in [-0.3, -0.25) is 4.90 Å². The van der Waals surface area contributed by atoms with Crippen LogP contribution in [0.5, 0.6) is 0 Å². The second kappa shape index (κ2) is 5.51. The fraction of sp³-hybridized carbons (Fsp3) is 0.714. The molecule has 2 N–H and O–H groups in total. The summed E-state index contributed by atoms with van der Waals surface area (Å²) in [5, 5.41) is 0. The summed E-state index contributed by atoms with van der Waals surface area (Å²) >= 11 is 1.96. The van der Waals surface area contributed by atoms with Crippen LogP contribution in [0, 0.1) is 0 Å². The summed E-state index contributed by atoms with van der Waals surface area (Å²) in [6, 6.07) is 6.14. The molecule has 0 amide bonds. The number of aryl methyl sites for hydroxylation is 1.